The molecule has 2 aromatic rings. The fraction of sp³-hybridized carbons (Fsp3) is 0.438. The van der Waals surface area contributed by atoms with E-state index in [0.29, 0.717) is 27.3 Å². The van der Waals surface area contributed by atoms with Gasteiger partial charge in [-0.15, -0.1) is 0 Å². The second-order valence-electron chi connectivity index (χ2n) is 6.24. The zero-order valence-electron chi connectivity index (χ0n) is 12.7. The minimum Gasteiger partial charge on any atom is -0.373 e. The van der Waals surface area contributed by atoms with Crippen molar-refractivity contribution in [1.82, 2.24) is 14.9 Å². The zero-order valence-corrected chi connectivity index (χ0v) is 13.5. The van der Waals surface area contributed by atoms with Crippen molar-refractivity contribution in [1.29, 1.82) is 0 Å². The minimum absolute atomic E-state index is 0.0825. The van der Waals surface area contributed by atoms with Crippen molar-refractivity contribution in [3.05, 3.63) is 38.9 Å². The highest BCUT2D eigenvalue weighted by molar-refractivity contribution is 7.71. The van der Waals surface area contributed by atoms with Crippen LogP contribution in [-0.4, -0.2) is 33.7 Å². The maximum absolute atomic E-state index is 12.5. The fourth-order valence-corrected chi connectivity index (χ4v) is 3.68. The smallest absolute Gasteiger partial charge is 0.261 e. The number of rotatable bonds is 2. The number of hydrogen-bond acceptors (Lipinski definition) is 4. The van der Waals surface area contributed by atoms with Crippen LogP contribution in [0.3, 0.4) is 0 Å². The van der Waals surface area contributed by atoms with Crippen LogP contribution in [0.1, 0.15) is 29.6 Å². The molecule has 0 saturated carbocycles. The number of carbonyl (C=O) groups is 1. The van der Waals surface area contributed by atoms with Crippen molar-refractivity contribution < 1.29 is 9.53 Å². The summed E-state index contributed by atoms with van der Waals surface area (Å²) in [5.74, 6) is -0.145. The highest BCUT2D eigenvalue weighted by Crippen LogP contribution is 2.34. The van der Waals surface area contributed by atoms with Crippen molar-refractivity contribution in [2.75, 3.05) is 0 Å². The molecule has 7 heteroatoms. The van der Waals surface area contributed by atoms with E-state index in [2.05, 4.69) is 10.3 Å². The van der Waals surface area contributed by atoms with Gasteiger partial charge in [0.05, 0.1) is 29.2 Å². The molecule has 0 unspecified atom stereocenters. The standard InChI is InChI=1S/C16H17N3O3S/c1-19-15(21)10-4-2-8(6-11(10)18-16(19)23)14(20)17-12-7-9-3-5-13(12)22-9/h2,4,6,9,12-13H,3,5,7H2,1H3,(H,17,20)(H,18,23)/t9-,12+,13-/m1/s1. The van der Waals surface area contributed by atoms with Crippen LogP contribution >= 0.6 is 12.2 Å². The lowest BCUT2D eigenvalue weighted by Crippen LogP contribution is -2.41. The van der Waals surface area contributed by atoms with E-state index in [-0.39, 0.29) is 23.6 Å². The quantitative estimate of drug-likeness (QED) is 0.821. The number of carbonyl (C=O) groups excluding carboxylic acids is 1. The summed E-state index contributed by atoms with van der Waals surface area (Å²) in [4.78, 5) is 27.6. The summed E-state index contributed by atoms with van der Waals surface area (Å²) in [7, 11) is 1.62. The van der Waals surface area contributed by atoms with Gasteiger partial charge >= 0.3 is 0 Å². The van der Waals surface area contributed by atoms with Gasteiger partial charge in [-0.1, -0.05) is 0 Å². The number of aromatic amines is 1. The van der Waals surface area contributed by atoms with Crippen molar-refractivity contribution in [2.24, 2.45) is 7.05 Å². The van der Waals surface area contributed by atoms with Gasteiger partial charge in [0.15, 0.2) is 4.77 Å². The van der Waals surface area contributed by atoms with E-state index in [0.717, 1.165) is 19.3 Å². The monoisotopic (exact) mass is 331 g/mol. The summed E-state index contributed by atoms with van der Waals surface area (Å²) in [6.45, 7) is 0. The minimum atomic E-state index is -0.169. The molecule has 2 aliphatic heterocycles. The summed E-state index contributed by atoms with van der Waals surface area (Å²) >= 11 is 5.12. The third-order valence-corrected chi connectivity index (χ3v) is 5.16. The number of benzene rings is 1. The molecule has 2 fully saturated rings. The molecule has 3 heterocycles. The van der Waals surface area contributed by atoms with Gasteiger partial charge in [0.25, 0.3) is 11.5 Å². The van der Waals surface area contributed by atoms with Crippen LogP contribution in [-0.2, 0) is 11.8 Å². The van der Waals surface area contributed by atoms with Crippen molar-refractivity contribution >= 4 is 29.0 Å². The van der Waals surface area contributed by atoms with Gasteiger partial charge in [0.2, 0.25) is 0 Å². The number of hydrogen-bond donors (Lipinski definition) is 2. The van der Waals surface area contributed by atoms with E-state index in [4.69, 9.17) is 17.0 Å². The normalized spacial score (nSPS) is 25.9. The molecule has 120 valence electrons. The van der Waals surface area contributed by atoms with Crippen LogP contribution < -0.4 is 10.9 Å². The van der Waals surface area contributed by atoms with Crippen LogP contribution in [0, 0.1) is 4.77 Å². The van der Waals surface area contributed by atoms with Crippen molar-refractivity contribution in [3.8, 4) is 0 Å². The molecule has 2 aliphatic rings. The second-order valence-corrected chi connectivity index (χ2v) is 6.63. The van der Waals surface area contributed by atoms with Gasteiger partial charge in [-0.05, 0) is 49.7 Å². The molecule has 2 bridgehead atoms. The van der Waals surface area contributed by atoms with E-state index in [1.54, 1.807) is 25.2 Å². The van der Waals surface area contributed by atoms with Crippen LogP contribution in [0.2, 0.25) is 0 Å². The first-order chi connectivity index (χ1) is 11.0. The topological polar surface area (TPSA) is 76.1 Å². The Balaban J connectivity index is 1.64. The lowest BCUT2D eigenvalue weighted by molar-refractivity contribution is 0.0841. The Bertz CT molecular complexity index is 917. The lowest BCUT2D eigenvalue weighted by Gasteiger charge is -2.20. The summed E-state index contributed by atoms with van der Waals surface area (Å²) in [5.41, 5.74) is 0.923. The predicted octanol–water partition coefficient (Wildman–Crippen LogP) is 1.65. The third-order valence-electron chi connectivity index (χ3n) is 4.79. The Hall–Kier alpha value is -1.99. The number of ether oxygens (including phenoxy) is 1. The Morgan fingerprint density at radius 2 is 2.26 bits per heavy atom. The maximum Gasteiger partial charge on any atom is 0.261 e. The molecule has 1 aromatic carbocycles. The highest BCUT2D eigenvalue weighted by atomic mass is 32.1. The summed E-state index contributed by atoms with van der Waals surface area (Å²) < 4.78 is 7.47. The van der Waals surface area contributed by atoms with Crippen molar-refractivity contribution in [3.63, 3.8) is 0 Å². The highest BCUT2D eigenvalue weighted by Gasteiger charge is 2.41. The van der Waals surface area contributed by atoms with E-state index < -0.39 is 0 Å². The first-order valence-corrected chi connectivity index (χ1v) is 8.13. The molecule has 2 saturated heterocycles. The first kappa shape index (κ1) is 14.6. The van der Waals surface area contributed by atoms with Crippen LogP contribution in [0.4, 0.5) is 0 Å². The number of nitrogens with zero attached hydrogens (tertiary/aromatic N) is 1. The van der Waals surface area contributed by atoms with E-state index in [1.807, 2.05) is 0 Å². The summed E-state index contributed by atoms with van der Waals surface area (Å²) in [6, 6.07) is 5.09. The second kappa shape index (κ2) is 5.28. The Morgan fingerprint density at radius 3 is 2.96 bits per heavy atom. The molecule has 1 amide bonds. The van der Waals surface area contributed by atoms with E-state index in [9.17, 15) is 9.59 Å². The SMILES string of the molecule is Cn1c(=S)[nH]c2cc(C(=O)N[C@H]3C[C@H]4CC[C@H]3O4)ccc2c1=O. The van der Waals surface area contributed by atoms with E-state index in [1.165, 1.54) is 4.57 Å². The van der Waals surface area contributed by atoms with Gasteiger partial charge in [0, 0.05) is 12.6 Å². The average Bonchev–Trinajstić information content (AvgIpc) is 3.15. The molecule has 0 radical (unpaired) electrons. The number of amides is 1. The molecule has 0 spiro atoms. The molecular formula is C16H17N3O3S. The van der Waals surface area contributed by atoms with Gasteiger partial charge in [0.1, 0.15) is 0 Å². The number of H-pyrrole nitrogens is 1. The van der Waals surface area contributed by atoms with Crippen LogP contribution in [0.25, 0.3) is 10.9 Å². The zero-order chi connectivity index (χ0) is 16.1. The lowest BCUT2D eigenvalue weighted by atomic mass is 9.95. The molecule has 4 rings (SSSR count). The molecule has 1 aromatic heterocycles. The first-order valence-electron chi connectivity index (χ1n) is 7.72. The summed E-state index contributed by atoms with van der Waals surface area (Å²) in [5, 5.41) is 3.56. The van der Waals surface area contributed by atoms with Crippen molar-refractivity contribution in [2.45, 2.75) is 37.5 Å². The molecule has 6 nitrogen and oxygen atoms in total. The predicted molar refractivity (Wildman–Crippen MR) is 88.1 cm³/mol. The Kier molecular flexibility index (Phi) is 3.35. The van der Waals surface area contributed by atoms with Crippen LogP contribution in [0.5, 0.6) is 0 Å². The molecule has 3 atom stereocenters. The molecule has 23 heavy (non-hydrogen) atoms. The fourth-order valence-electron chi connectivity index (χ4n) is 3.49. The van der Waals surface area contributed by atoms with Gasteiger partial charge in [-0.2, -0.15) is 0 Å². The number of fused-ring (bicyclic) bond motifs is 3. The average molecular weight is 331 g/mol. The van der Waals surface area contributed by atoms with Gasteiger partial charge in [-0.3, -0.25) is 14.2 Å². The number of aromatic nitrogens is 2. The number of nitrogens with one attached hydrogen (secondary N) is 2. The molecule has 2 N–H and O–H groups in total. The molecular weight excluding hydrogens is 314 g/mol. The maximum atomic E-state index is 12.5. The van der Waals surface area contributed by atoms with Crippen LogP contribution in [0.15, 0.2) is 23.0 Å². The van der Waals surface area contributed by atoms with Gasteiger partial charge in [-0.25, -0.2) is 0 Å². The van der Waals surface area contributed by atoms with E-state index >= 15 is 0 Å². The largest absolute Gasteiger partial charge is 0.373 e. The Labute approximate surface area is 137 Å². The van der Waals surface area contributed by atoms with Gasteiger partial charge < -0.3 is 15.0 Å². The molecule has 0 aliphatic carbocycles. The third kappa shape index (κ3) is 2.40. The Morgan fingerprint density at radius 1 is 1.43 bits per heavy atom. The summed E-state index contributed by atoms with van der Waals surface area (Å²) in [6.07, 6.45) is 3.42.